The Morgan fingerprint density at radius 3 is 2.21 bits per heavy atom. The zero-order valence-electron chi connectivity index (χ0n) is 20.1. The molecule has 0 aliphatic carbocycles. The number of nitrogens with zero attached hydrogens (tertiary/aromatic N) is 2. The smallest absolute Gasteiger partial charge is 0.480 e. The highest BCUT2D eigenvalue weighted by Gasteiger charge is 2.62. The second kappa shape index (κ2) is 11.4. The molecule has 3 rings (SSSR count). The van der Waals surface area contributed by atoms with Gasteiger partial charge in [-0.15, -0.1) is 0 Å². The fraction of sp³-hybridized carbons (Fsp3) is 0.417. The number of hydrogen-bond donors (Lipinski definition) is 3. The van der Waals surface area contributed by atoms with Crippen LogP contribution in [-0.2, 0) is 15.0 Å². The summed E-state index contributed by atoms with van der Waals surface area (Å²) in [7, 11) is 0. The molecule has 3 N–H and O–H groups in total. The highest BCUT2D eigenvalue weighted by molar-refractivity contribution is 6.31. The largest absolute Gasteiger partial charge is 0.490 e. The molecule has 0 saturated carbocycles. The molecule has 0 unspecified atom stereocenters. The van der Waals surface area contributed by atoms with Gasteiger partial charge < -0.3 is 10.2 Å². The minimum absolute atomic E-state index is 0.0212. The van der Waals surface area contributed by atoms with E-state index in [1.54, 1.807) is 0 Å². The Morgan fingerprint density at radius 2 is 1.76 bits per heavy atom. The molecular weight excluding hydrogens is 560 g/mol. The van der Waals surface area contributed by atoms with Crippen molar-refractivity contribution in [3.05, 3.63) is 63.4 Å². The molecule has 206 valence electrons. The highest BCUT2D eigenvalue weighted by Crippen LogP contribution is 2.52. The minimum atomic E-state index is -5.08. The lowest BCUT2D eigenvalue weighted by Crippen LogP contribution is -2.45. The Hall–Kier alpha value is -3.01. The Balaban J connectivity index is 0.000000638. The number of halogens is 7. The van der Waals surface area contributed by atoms with Crippen molar-refractivity contribution in [3.63, 3.8) is 0 Å². The van der Waals surface area contributed by atoms with Crippen LogP contribution in [0.4, 0.5) is 22.0 Å². The number of aliphatic carboxylic acids is 2. The van der Waals surface area contributed by atoms with E-state index in [2.05, 4.69) is 16.4 Å². The molecule has 1 aromatic carbocycles. The highest BCUT2D eigenvalue weighted by atomic mass is 35.5. The third kappa shape index (κ3) is 6.51. The first-order valence-electron chi connectivity index (χ1n) is 10.8. The second-order valence-corrected chi connectivity index (χ2v) is 10.5. The first-order chi connectivity index (χ1) is 17.4. The van der Waals surface area contributed by atoms with Gasteiger partial charge in [-0.2, -0.15) is 18.4 Å². The summed E-state index contributed by atoms with van der Waals surface area (Å²) in [5.41, 5.74) is -2.58. The molecule has 2 heterocycles. The molecule has 0 spiro atoms. The maximum atomic E-state index is 15.1. The van der Waals surface area contributed by atoms with E-state index in [4.69, 9.17) is 33.1 Å². The molecule has 1 aliphatic heterocycles. The molecule has 38 heavy (non-hydrogen) atoms. The third-order valence-electron chi connectivity index (χ3n) is 5.78. The fourth-order valence-corrected chi connectivity index (χ4v) is 4.71. The number of pyridine rings is 1. The van der Waals surface area contributed by atoms with Gasteiger partial charge in [-0.05, 0) is 29.5 Å². The van der Waals surface area contributed by atoms with Crippen LogP contribution in [-0.4, -0.2) is 45.4 Å². The molecule has 14 heteroatoms. The van der Waals surface area contributed by atoms with Gasteiger partial charge in [0.2, 0.25) is 0 Å². The molecule has 1 fully saturated rings. The summed E-state index contributed by atoms with van der Waals surface area (Å²) in [6, 6.07) is 5.06. The number of nitriles is 1. The van der Waals surface area contributed by atoms with Crippen LogP contribution in [0.1, 0.15) is 44.4 Å². The van der Waals surface area contributed by atoms with Crippen molar-refractivity contribution >= 4 is 35.1 Å². The van der Waals surface area contributed by atoms with Crippen LogP contribution in [0.2, 0.25) is 10.0 Å². The fourth-order valence-electron chi connectivity index (χ4n) is 4.39. The van der Waals surface area contributed by atoms with Gasteiger partial charge in [0.15, 0.2) is 0 Å². The SMILES string of the molecule is CC(C)(C)C[C@@H]1N[C@@H](C(=O)O)[C@H](c2cccc(Cl)c2F)[C@@]1(C#N)c1ncc(Cl)cc1F.O=C(O)C(F)(F)F. The summed E-state index contributed by atoms with van der Waals surface area (Å²) in [6.07, 6.45) is -3.60. The predicted molar refractivity (Wildman–Crippen MR) is 127 cm³/mol. The van der Waals surface area contributed by atoms with Crippen molar-refractivity contribution in [1.29, 1.82) is 5.26 Å². The molecular formula is C24H22Cl2F5N3O4. The van der Waals surface area contributed by atoms with Crippen molar-refractivity contribution < 1.29 is 41.8 Å². The van der Waals surface area contributed by atoms with Crippen molar-refractivity contribution in [3.8, 4) is 6.07 Å². The van der Waals surface area contributed by atoms with Gasteiger partial charge in [-0.1, -0.05) is 56.1 Å². The van der Waals surface area contributed by atoms with E-state index < -0.39 is 53.2 Å². The average molecular weight is 582 g/mol. The topological polar surface area (TPSA) is 123 Å². The number of carbonyl (C=O) groups is 2. The van der Waals surface area contributed by atoms with Gasteiger partial charge in [-0.3, -0.25) is 15.1 Å². The first kappa shape index (κ1) is 31.2. The van der Waals surface area contributed by atoms with E-state index in [9.17, 15) is 28.3 Å². The maximum absolute atomic E-state index is 15.1. The minimum Gasteiger partial charge on any atom is -0.480 e. The zero-order chi connectivity index (χ0) is 29.2. The number of aromatic nitrogens is 1. The Bertz CT molecular complexity index is 1260. The summed E-state index contributed by atoms with van der Waals surface area (Å²) in [4.78, 5) is 25.2. The Morgan fingerprint density at radius 1 is 1.18 bits per heavy atom. The number of rotatable bonds is 4. The second-order valence-electron chi connectivity index (χ2n) is 9.69. The quantitative estimate of drug-likeness (QED) is 0.395. The van der Waals surface area contributed by atoms with Gasteiger partial charge >= 0.3 is 18.1 Å². The van der Waals surface area contributed by atoms with Crippen LogP contribution in [0.5, 0.6) is 0 Å². The van der Waals surface area contributed by atoms with Crippen LogP contribution in [0.15, 0.2) is 30.5 Å². The molecule has 0 bridgehead atoms. The van der Waals surface area contributed by atoms with E-state index in [-0.39, 0.29) is 26.7 Å². The van der Waals surface area contributed by atoms with Gasteiger partial charge in [0.1, 0.15) is 23.1 Å². The Kier molecular flexibility index (Phi) is 9.35. The lowest BCUT2D eigenvalue weighted by Gasteiger charge is -2.36. The maximum Gasteiger partial charge on any atom is 0.490 e. The molecule has 0 amide bonds. The molecule has 1 saturated heterocycles. The lowest BCUT2D eigenvalue weighted by atomic mass is 9.64. The van der Waals surface area contributed by atoms with Crippen molar-refractivity contribution in [2.75, 3.05) is 0 Å². The van der Waals surface area contributed by atoms with E-state index in [0.29, 0.717) is 6.42 Å². The Labute approximate surface area is 224 Å². The first-order valence-corrected chi connectivity index (χ1v) is 11.6. The van der Waals surface area contributed by atoms with Gasteiger partial charge in [0, 0.05) is 18.2 Å². The van der Waals surface area contributed by atoms with Crippen LogP contribution >= 0.6 is 23.2 Å². The van der Waals surface area contributed by atoms with Crippen molar-refractivity contribution in [2.45, 2.75) is 56.8 Å². The summed E-state index contributed by atoms with van der Waals surface area (Å²) in [6.45, 7) is 5.72. The molecule has 2 aromatic rings. The van der Waals surface area contributed by atoms with E-state index in [0.717, 1.165) is 6.07 Å². The average Bonchev–Trinajstić information content (AvgIpc) is 3.08. The molecule has 1 aromatic heterocycles. The number of nitrogens with one attached hydrogen (secondary N) is 1. The third-order valence-corrected chi connectivity index (χ3v) is 6.28. The van der Waals surface area contributed by atoms with E-state index in [1.807, 2.05) is 20.8 Å². The lowest BCUT2D eigenvalue weighted by molar-refractivity contribution is -0.192. The van der Waals surface area contributed by atoms with Gasteiger partial charge in [0.05, 0.1) is 21.8 Å². The molecule has 7 nitrogen and oxygen atoms in total. The normalized spacial score (nSPS) is 23.2. The van der Waals surface area contributed by atoms with Gasteiger partial charge in [0.25, 0.3) is 0 Å². The number of carboxylic acid groups (broad SMARTS) is 2. The summed E-state index contributed by atoms with van der Waals surface area (Å²) in [5.74, 6) is -7.08. The van der Waals surface area contributed by atoms with Crippen LogP contribution < -0.4 is 5.32 Å². The van der Waals surface area contributed by atoms with Gasteiger partial charge in [-0.25, -0.2) is 13.6 Å². The number of hydrogen-bond acceptors (Lipinski definition) is 5. The standard InChI is InChI=1S/C22H21Cl2F2N3O2.C2HF3O2/c1-21(2,3)8-15-22(10-27,19-14(25)7-11(23)9-28-19)16(18(29-15)20(30)31)12-5-4-6-13(24)17(12)26;3-2(4,5)1(6)7/h4-7,9,15-16,18,29H,8H2,1-3H3,(H,30,31);(H,6,7)/t15-,16-,18+,22-;/m0./s1. The van der Waals surface area contributed by atoms with Crippen molar-refractivity contribution in [1.82, 2.24) is 10.3 Å². The molecule has 4 atom stereocenters. The predicted octanol–water partition coefficient (Wildman–Crippen LogP) is 5.71. The zero-order valence-corrected chi connectivity index (χ0v) is 21.6. The summed E-state index contributed by atoms with van der Waals surface area (Å²) >= 11 is 11.8. The van der Waals surface area contributed by atoms with Crippen LogP contribution in [0.3, 0.4) is 0 Å². The number of benzene rings is 1. The van der Waals surface area contributed by atoms with Crippen molar-refractivity contribution in [2.24, 2.45) is 5.41 Å². The monoisotopic (exact) mass is 581 g/mol. The number of carboxylic acids is 2. The van der Waals surface area contributed by atoms with E-state index >= 15 is 8.78 Å². The molecule has 1 aliphatic rings. The summed E-state index contributed by atoms with van der Waals surface area (Å²) in [5, 5.41) is 30.3. The van der Waals surface area contributed by atoms with Crippen LogP contribution in [0.25, 0.3) is 0 Å². The number of alkyl halides is 3. The summed E-state index contributed by atoms with van der Waals surface area (Å²) < 4.78 is 62.0. The van der Waals surface area contributed by atoms with Crippen LogP contribution in [0, 0.1) is 28.4 Å². The van der Waals surface area contributed by atoms with E-state index in [1.165, 1.54) is 24.4 Å². The molecule has 0 radical (unpaired) electrons.